The number of phenols is 1. The van der Waals surface area contributed by atoms with E-state index in [0.717, 1.165) is 13.0 Å². The summed E-state index contributed by atoms with van der Waals surface area (Å²) in [5.74, 6) is 0.168. The van der Waals surface area contributed by atoms with Crippen LogP contribution in [-0.2, 0) is 4.79 Å². The molecule has 4 heteroatoms. The average molecular weight is 206 g/mol. The van der Waals surface area contributed by atoms with Crippen molar-refractivity contribution in [3.8, 4) is 5.75 Å². The van der Waals surface area contributed by atoms with Gasteiger partial charge in [-0.2, -0.15) is 0 Å². The lowest BCUT2D eigenvalue weighted by atomic mass is 10.2. The Morgan fingerprint density at radius 2 is 2.13 bits per heavy atom. The van der Waals surface area contributed by atoms with Gasteiger partial charge in [-0.15, -0.1) is 0 Å². The van der Waals surface area contributed by atoms with Crippen LogP contribution in [0.5, 0.6) is 5.75 Å². The summed E-state index contributed by atoms with van der Waals surface area (Å²) in [6, 6.07) is 6.93. The Hall–Kier alpha value is -1.55. The maximum atomic E-state index is 11.7. The first kappa shape index (κ1) is 9.98. The monoisotopic (exact) mass is 206 g/mol. The highest BCUT2D eigenvalue weighted by Crippen LogP contribution is 2.26. The highest BCUT2D eigenvalue weighted by Gasteiger charge is 2.19. The number of carbonyl (C=O) groups excluding carboxylic acids is 1. The predicted molar refractivity (Wildman–Crippen MR) is 57.9 cm³/mol. The molecule has 1 saturated heterocycles. The minimum atomic E-state index is 0.00833. The molecule has 2 rings (SSSR count). The van der Waals surface area contributed by atoms with Crippen molar-refractivity contribution in [2.24, 2.45) is 0 Å². The molecule has 1 aliphatic heterocycles. The summed E-state index contributed by atoms with van der Waals surface area (Å²) in [7, 11) is 0. The molecule has 2 N–H and O–H groups in total. The predicted octanol–water partition coefficient (Wildman–Crippen LogP) is 0.718. The van der Waals surface area contributed by atoms with Gasteiger partial charge in [0.1, 0.15) is 5.75 Å². The highest BCUT2D eigenvalue weighted by atomic mass is 16.3. The third kappa shape index (κ3) is 2.10. The van der Waals surface area contributed by atoms with E-state index >= 15 is 0 Å². The number of nitrogens with zero attached hydrogens (tertiary/aromatic N) is 1. The van der Waals surface area contributed by atoms with E-state index in [1.807, 2.05) is 6.07 Å². The molecule has 1 aromatic carbocycles. The zero-order valence-corrected chi connectivity index (χ0v) is 8.44. The maximum absolute atomic E-state index is 11.7. The van der Waals surface area contributed by atoms with E-state index < -0.39 is 0 Å². The molecular formula is C11H14N2O2. The van der Waals surface area contributed by atoms with Crippen LogP contribution in [0.4, 0.5) is 5.69 Å². The molecule has 0 spiro atoms. The van der Waals surface area contributed by atoms with Crippen LogP contribution in [0.1, 0.15) is 6.42 Å². The van der Waals surface area contributed by atoms with Gasteiger partial charge in [-0.3, -0.25) is 4.79 Å². The quantitative estimate of drug-likeness (QED) is 0.711. The van der Waals surface area contributed by atoms with Gasteiger partial charge in [0.05, 0.1) is 12.2 Å². The van der Waals surface area contributed by atoms with E-state index in [4.69, 9.17) is 0 Å². The molecule has 0 saturated carbocycles. The number of aromatic hydroxyl groups is 1. The Morgan fingerprint density at radius 3 is 2.93 bits per heavy atom. The summed E-state index contributed by atoms with van der Waals surface area (Å²) < 4.78 is 0. The van der Waals surface area contributed by atoms with Crippen LogP contribution in [-0.4, -0.2) is 30.6 Å². The minimum Gasteiger partial charge on any atom is -0.506 e. The van der Waals surface area contributed by atoms with Gasteiger partial charge in [0.25, 0.3) is 0 Å². The van der Waals surface area contributed by atoms with Crippen LogP contribution >= 0.6 is 0 Å². The molecule has 1 heterocycles. The van der Waals surface area contributed by atoms with Gasteiger partial charge < -0.3 is 15.3 Å². The second-order valence-electron chi connectivity index (χ2n) is 3.56. The van der Waals surface area contributed by atoms with Gasteiger partial charge in [-0.05, 0) is 25.1 Å². The molecule has 0 atom stereocenters. The lowest BCUT2D eigenvalue weighted by Gasteiger charge is -2.20. The fraction of sp³-hybridized carbons (Fsp3) is 0.364. The second-order valence-corrected chi connectivity index (χ2v) is 3.56. The average Bonchev–Trinajstić information content (AvgIpc) is 2.44. The van der Waals surface area contributed by atoms with Gasteiger partial charge in [0, 0.05) is 6.54 Å². The Morgan fingerprint density at radius 1 is 1.33 bits per heavy atom. The molecule has 15 heavy (non-hydrogen) atoms. The van der Waals surface area contributed by atoms with E-state index in [0.29, 0.717) is 18.8 Å². The molecule has 0 unspecified atom stereocenters. The van der Waals surface area contributed by atoms with Crippen molar-refractivity contribution in [2.45, 2.75) is 6.42 Å². The number of hydrogen-bond acceptors (Lipinski definition) is 3. The number of rotatable bonds is 1. The zero-order chi connectivity index (χ0) is 10.7. The fourth-order valence-electron chi connectivity index (χ4n) is 1.72. The van der Waals surface area contributed by atoms with Gasteiger partial charge in [0.15, 0.2) is 0 Å². The SMILES string of the molecule is O=C1CNCCCN1c1ccccc1O. The Labute approximate surface area is 88.5 Å². The van der Waals surface area contributed by atoms with Crippen molar-refractivity contribution < 1.29 is 9.90 Å². The summed E-state index contributed by atoms with van der Waals surface area (Å²) in [6.45, 7) is 1.84. The topological polar surface area (TPSA) is 52.6 Å². The summed E-state index contributed by atoms with van der Waals surface area (Å²) in [4.78, 5) is 13.4. The third-order valence-electron chi connectivity index (χ3n) is 2.49. The summed E-state index contributed by atoms with van der Waals surface area (Å²) in [5, 5.41) is 12.7. The molecule has 80 valence electrons. The number of phenolic OH excluding ortho intramolecular Hbond substituents is 1. The zero-order valence-electron chi connectivity index (χ0n) is 8.44. The van der Waals surface area contributed by atoms with E-state index in [1.165, 1.54) is 0 Å². The van der Waals surface area contributed by atoms with Gasteiger partial charge >= 0.3 is 0 Å². The van der Waals surface area contributed by atoms with Crippen LogP contribution in [0.25, 0.3) is 0 Å². The second kappa shape index (κ2) is 4.31. The number of amides is 1. The van der Waals surface area contributed by atoms with Crippen LogP contribution in [0.15, 0.2) is 24.3 Å². The minimum absolute atomic E-state index is 0.00833. The lowest BCUT2D eigenvalue weighted by Crippen LogP contribution is -2.34. The first-order chi connectivity index (χ1) is 7.29. The van der Waals surface area contributed by atoms with Crippen LogP contribution in [0.3, 0.4) is 0 Å². The lowest BCUT2D eigenvalue weighted by molar-refractivity contribution is -0.117. The van der Waals surface area contributed by atoms with Gasteiger partial charge in [-0.25, -0.2) is 0 Å². The van der Waals surface area contributed by atoms with Crippen molar-refractivity contribution in [2.75, 3.05) is 24.5 Å². The van der Waals surface area contributed by atoms with Gasteiger partial charge in [-0.1, -0.05) is 12.1 Å². The molecule has 0 radical (unpaired) electrons. The van der Waals surface area contributed by atoms with Crippen molar-refractivity contribution in [1.29, 1.82) is 0 Å². The van der Waals surface area contributed by atoms with Gasteiger partial charge in [0.2, 0.25) is 5.91 Å². The molecular weight excluding hydrogens is 192 g/mol. The van der Waals surface area contributed by atoms with E-state index in [-0.39, 0.29) is 11.7 Å². The number of benzene rings is 1. The highest BCUT2D eigenvalue weighted by molar-refractivity contribution is 5.96. The van der Waals surface area contributed by atoms with Crippen molar-refractivity contribution in [3.05, 3.63) is 24.3 Å². The number of nitrogens with one attached hydrogen (secondary N) is 1. The first-order valence-corrected chi connectivity index (χ1v) is 5.08. The molecule has 0 aromatic heterocycles. The van der Waals surface area contributed by atoms with Crippen molar-refractivity contribution in [1.82, 2.24) is 5.32 Å². The smallest absolute Gasteiger partial charge is 0.241 e. The summed E-state index contributed by atoms with van der Waals surface area (Å²) >= 11 is 0. The van der Waals surface area contributed by atoms with Crippen molar-refractivity contribution in [3.63, 3.8) is 0 Å². The number of carbonyl (C=O) groups is 1. The Bertz CT molecular complexity index is 365. The maximum Gasteiger partial charge on any atom is 0.241 e. The van der Waals surface area contributed by atoms with E-state index in [2.05, 4.69) is 5.32 Å². The summed E-state index contributed by atoms with van der Waals surface area (Å²) in [5.41, 5.74) is 0.603. The molecule has 1 aliphatic rings. The van der Waals surface area contributed by atoms with Crippen molar-refractivity contribution >= 4 is 11.6 Å². The number of hydrogen-bond donors (Lipinski definition) is 2. The van der Waals surface area contributed by atoms with E-state index in [1.54, 1.807) is 23.1 Å². The van der Waals surface area contributed by atoms with E-state index in [9.17, 15) is 9.90 Å². The molecule has 0 bridgehead atoms. The normalized spacial score (nSPS) is 17.6. The standard InChI is InChI=1S/C11H14N2O2/c14-10-5-2-1-4-9(10)13-7-3-6-12-8-11(13)15/h1-2,4-5,12,14H,3,6-8H2. The first-order valence-electron chi connectivity index (χ1n) is 5.08. The van der Waals surface area contributed by atoms with Crippen LogP contribution in [0, 0.1) is 0 Å². The molecule has 1 amide bonds. The number of anilines is 1. The molecule has 1 aromatic rings. The molecule has 0 aliphatic carbocycles. The largest absolute Gasteiger partial charge is 0.506 e. The third-order valence-corrected chi connectivity index (χ3v) is 2.49. The number of para-hydroxylation sites is 2. The van der Waals surface area contributed by atoms with Crippen LogP contribution in [0.2, 0.25) is 0 Å². The molecule has 4 nitrogen and oxygen atoms in total. The fourth-order valence-corrected chi connectivity index (χ4v) is 1.72. The molecule has 1 fully saturated rings. The Kier molecular flexibility index (Phi) is 2.87. The Balaban J connectivity index is 2.28. The summed E-state index contributed by atoms with van der Waals surface area (Å²) in [6.07, 6.45) is 0.903. The van der Waals surface area contributed by atoms with Crippen LogP contribution < -0.4 is 10.2 Å².